The monoisotopic (exact) mass is 356 g/mol. The van der Waals surface area contributed by atoms with Crippen molar-refractivity contribution in [2.45, 2.75) is 59.3 Å². The molecule has 0 N–H and O–H groups in total. The molecule has 1 aromatic heterocycles. The first-order valence-electron chi connectivity index (χ1n) is 10.2. The Bertz CT molecular complexity index is 1140. The van der Waals surface area contributed by atoms with Crippen LogP contribution in [0.1, 0.15) is 69.2 Å². The van der Waals surface area contributed by atoms with Crippen LogP contribution in [0, 0.1) is 6.92 Å². The van der Waals surface area contributed by atoms with Gasteiger partial charge in [-0.25, -0.2) is 4.98 Å². The zero-order valence-electron chi connectivity index (χ0n) is 17.0. The number of rotatable bonds is 4. The molecule has 3 aromatic carbocycles. The normalized spacial score (nSPS) is 14.1. The van der Waals surface area contributed by atoms with Crippen molar-refractivity contribution in [1.82, 2.24) is 9.97 Å². The average Bonchev–Trinajstić information content (AvgIpc) is 2.71. The highest BCUT2D eigenvalue weighted by Crippen LogP contribution is 2.36. The largest absolute Gasteiger partial charge is 0.252 e. The Morgan fingerprint density at radius 1 is 0.741 bits per heavy atom. The second-order valence-corrected chi connectivity index (χ2v) is 7.94. The number of hydrogen-bond acceptors (Lipinski definition) is 2. The van der Waals surface area contributed by atoms with Gasteiger partial charge in [-0.2, -0.15) is 0 Å². The maximum Gasteiger partial charge on any atom is 0.0974 e. The maximum atomic E-state index is 4.91. The minimum atomic E-state index is 0.547. The molecule has 138 valence electrons. The third kappa shape index (κ3) is 2.97. The number of benzene rings is 3. The van der Waals surface area contributed by atoms with E-state index >= 15 is 0 Å². The molecule has 4 rings (SSSR count). The third-order valence-corrected chi connectivity index (χ3v) is 6.14. The summed E-state index contributed by atoms with van der Waals surface area (Å²) in [4.78, 5) is 9.73. The van der Waals surface area contributed by atoms with Gasteiger partial charge in [-0.1, -0.05) is 52.0 Å². The van der Waals surface area contributed by atoms with E-state index in [1.165, 1.54) is 32.7 Å². The molecule has 0 fully saturated rings. The Morgan fingerprint density at radius 3 is 1.78 bits per heavy atom. The summed E-state index contributed by atoms with van der Waals surface area (Å²) in [5.41, 5.74) is 5.78. The Kier molecular flexibility index (Phi) is 4.59. The number of fused-ring (bicyclic) bond motifs is 6. The second-order valence-electron chi connectivity index (χ2n) is 7.94. The Morgan fingerprint density at radius 2 is 1.26 bits per heavy atom. The molecule has 0 saturated heterocycles. The van der Waals surface area contributed by atoms with Gasteiger partial charge in [0.05, 0.1) is 16.7 Å². The van der Waals surface area contributed by atoms with E-state index in [1.54, 1.807) is 0 Å². The number of hydrogen-bond donors (Lipinski definition) is 0. The highest BCUT2D eigenvalue weighted by molar-refractivity contribution is 6.23. The fourth-order valence-electron chi connectivity index (χ4n) is 3.93. The van der Waals surface area contributed by atoms with E-state index in [0.29, 0.717) is 11.8 Å². The van der Waals surface area contributed by atoms with Crippen LogP contribution >= 0.6 is 0 Å². The topological polar surface area (TPSA) is 25.8 Å². The lowest BCUT2D eigenvalue weighted by atomic mass is 9.90. The molecule has 4 aromatic rings. The molecule has 1 heterocycles. The van der Waals surface area contributed by atoms with Crippen LogP contribution < -0.4 is 0 Å². The van der Waals surface area contributed by atoms with Crippen LogP contribution in [0.4, 0.5) is 0 Å². The first-order valence-corrected chi connectivity index (χ1v) is 10.2. The van der Waals surface area contributed by atoms with Crippen molar-refractivity contribution in [2.75, 3.05) is 0 Å². The van der Waals surface area contributed by atoms with Crippen molar-refractivity contribution in [3.63, 3.8) is 0 Å². The second kappa shape index (κ2) is 6.92. The third-order valence-electron chi connectivity index (χ3n) is 6.14. The average molecular weight is 357 g/mol. The summed E-state index contributed by atoms with van der Waals surface area (Å²) >= 11 is 0. The standard InChI is InChI=1S/C25H28N2/c1-6-15(3)18-8-10-20-21-11-9-19(16(4)7-2)13-23(21)25-24(22(20)12-18)26-14-17(5)27-25/h8-16H,6-7H2,1-5H3. The van der Waals surface area contributed by atoms with E-state index < -0.39 is 0 Å². The Hall–Kier alpha value is -2.48. The van der Waals surface area contributed by atoms with Gasteiger partial charge < -0.3 is 0 Å². The van der Waals surface area contributed by atoms with Gasteiger partial charge in [-0.15, -0.1) is 0 Å². The molecule has 0 radical (unpaired) electrons. The highest BCUT2D eigenvalue weighted by Gasteiger charge is 2.14. The van der Waals surface area contributed by atoms with Crippen LogP contribution in [0.25, 0.3) is 32.6 Å². The SMILES string of the molecule is CCC(C)c1ccc2c3ccc(C(C)CC)cc3c3nc(C)cnc3c2c1. The zero-order valence-corrected chi connectivity index (χ0v) is 17.0. The fraction of sp³-hybridized carbons (Fsp3) is 0.360. The van der Waals surface area contributed by atoms with E-state index in [-0.39, 0.29) is 0 Å². The smallest absolute Gasteiger partial charge is 0.0974 e. The number of aromatic nitrogens is 2. The zero-order chi connectivity index (χ0) is 19.1. The van der Waals surface area contributed by atoms with Crippen LogP contribution in [0.3, 0.4) is 0 Å². The molecule has 0 amide bonds. The Labute approximate surface area is 161 Å². The summed E-state index contributed by atoms with van der Waals surface area (Å²) in [5.74, 6) is 1.09. The molecular weight excluding hydrogens is 328 g/mol. The lowest BCUT2D eigenvalue weighted by Gasteiger charge is -2.15. The molecule has 0 aliphatic heterocycles. The van der Waals surface area contributed by atoms with Crippen LogP contribution in [-0.4, -0.2) is 9.97 Å². The molecule has 2 unspecified atom stereocenters. The van der Waals surface area contributed by atoms with E-state index in [0.717, 1.165) is 29.6 Å². The molecule has 27 heavy (non-hydrogen) atoms. The maximum absolute atomic E-state index is 4.91. The van der Waals surface area contributed by atoms with Gasteiger partial charge in [-0.05, 0) is 65.6 Å². The first-order chi connectivity index (χ1) is 13.0. The van der Waals surface area contributed by atoms with Gasteiger partial charge in [0.15, 0.2) is 0 Å². The van der Waals surface area contributed by atoms with E-state index in [2.05, 4.69) is 64.1 Å². The first kappa shape index (κ1) is 17.9. The molecule has 0 spiro atoms. The van der Waals surface area contributed by atoms with Crippen molar-refractivity contribution in [1.29, 1.82) is 0 Å². The van der Waals surface area contributed by atoms with Gasteiger partial charge in [0.25, 0.3) is 0 Å². The van der Waals surface area contributed by atoms with E-state index in [4.69, 9.17) is 9.97 Å². The minimum Gasteiger partial charge on any atom is -0.252 e. The summed E-state index contributed by atoms with van der Waals surface area (Å²) in [5, 5.41) is 5.00. The minimum absolute atomic E-state index is 0.547. The van der Waals surface area contributed by atoms with Crippen LogP contribution in [0.15, 0.2) is 42.6 Å². The fourth-order valence-corrected chi connectivity index (χ4v) is 3.93. The van der Waals surface area contributed by atoms with Crippen LogP contribution in [0.2, 0.25) is 0 Å². The van der Waals surface area contributed by atoms with E-state index in [9.17, 15) is 0 Å². The summed E-state index contributed by atoms with van der Waals surface area (Å²) < 4.78 is 0. The lowest BCUT2D eigenvalue weighted by molar-refractivity contribution is 0.734. The van der Waals surface area contributed by atoms with Crippen molar-refractivity contribution in [2.24, 2.45) is 0 Å². The summed E-state index contributed by atoms with van der Waals surface area (Å²) in [6.45, 7) is 11.1. The molecule has 0 aliphatic carbocycles. The molecule has 2 nitrogen and oxygen atoms in total. The highest BCUT2D eigenvalue weighted by atomic mass is 14.8. The summed E-state index contributed by atoms with van der Waals surface area (Å²) in [7, 11) is 0. The molecule has 2 atom stereocenters. The van der Waals surface area contributed by atoms with Gasteiger partial charge in [0.2, 0.25) is 0 Å². The van der Waals surface area contributed by atoms with Gasteiger partial charge in [0.1, 0.15) is 0 Å². The molecule has 0 aliphatic rings. The number of aryl methyl sites for hydroxylation is 1. The molecule has 0 saturated carbocycles. The predicted molar refractivity (Wildman–Crippen MR) is 117 cm³/mol. The molecular formula is C25H28N2. The van der Waals surface area contributed by atoms with Crippen LogP contribution in [0.5, 0.6) is 0 Å². The van der Waals surface area contributed by atoms with Crippen LogP contribution in [-0.2, 0) is 0 Å². The van der Waals surface area contributed by atoms with Crippen molar-refractivity contribution in [3.05, 3.63) is 59.4 Å². The Balaban J connectivity index is 2.14. The van der Waals surface area contributed by atoms with Crippen molar-refractivity contribution >= 4 is 32.6 Å². The van der Waals surface area contributed by atoms with Crippen molar-refractivity contribution < 1.29 is 0 Å². The molecule has 0 bridgehead atoms. The van der Waals surface area contributed by atoms with Gasteiger partial charge in [-0.3, -0.25) is 4.98 Å². The molecule has 2 heteroatoms. The summed E-state index contributed by atoms with van der Waals surface area (Å²) in [6, 6.07) is 13.8. The quantitative estimate of drug-likeness (QED) is 0.359. The summed E-state index contributed by atoms with van der Waals surface area (Å²) in [6.07, 6.45) is 4.17. The number of nitrogens with zero attached hydrogens (tertiary/aromatic N) is 2. The van der Waals surface area contributed by atoms with Gasteiger partial charge >= 0.3 is 0 Å². The predicted octanol–water partition coefficient (Wildman–Crippen LogP) is 7.27. The van der Waals surface area contributed by atoms with Crippen molar-refractivity contribution in [3.8, 4) is 0 Å². The lowest BCUT2D eigenvalue weighted by Crippen LogP contribution is -1.96. The van der Waals surface area contributed by atoms with Gasteiger partial charge in [0, 0.05) is 17.0 Å². The van der Waals surface area contributed by atoms with E-state index in [1.807, 2.05) is 13.1 Å².